The van der Waals surface area contributed by atoms with Crippen LogP contribution in [0.5, 0.6) is 0 Å². The van der Waals surface area contributed by atoms with Crippen LogP contribution in [0.15, 0.2) is 91.3 Å². The first-order valence-corrected chi connectivity index (χ1v) is 5.67. The summed E-state index contributed by atoms with van der Waals surface area (Å²) in [6.45, 7) is 0. The zero-order chi connectivity index (χ0) is 12.0. The molecule has 0 radical (unpaired) electrons. The number of benzene rings is 1. The fourth-order valence-corrected chi connectivity index (χ4v) is 1.09. The molecule has 1 aromatic heterocycles. The quantitative estimate of drug-likeness (QED) is 0.602. The van der Waals surface area contributed by atoms with Crippen LogP contribution in [0.4, 0.5) is 0 Å². The lowest BCUT2D eigenvalue weighted by atomic mass is 10.4. The summed E-state index contributed by atoms with van der Waals surface area (Å²) in [5.74, 6) is 0. The van der Waals surface area contributed by atoms with Crippen LogP contribution in [-0.4, -0.2) is 4.98 Å². The van der Waals surface area contributed by atoms with Crippen molar-refractivity contribution >= 4 is 0 Å². The number of hydrogen-bond acceptors (Lipinski definition) is 1. The minimum atomic E-state index is 0. The number of nitrogens with zero attached hydrogens (tertiary/aromatic N) is 1. The smallest absolute Gasteiger partial charge is 0.0267 e. The fraction of sp³-hybridized carbons (Fsp3) is 0.167. The number of aromatic nitrogens is 1. The first kappa shape index (κ1) is 19.2. The molecule has 0 unspecified atom stereocenters. The van der Waals surface area contributed by atoms with Crippen LogP contribution < -0.4 is 0 Å². The van der Waals surface area contributed by atoms with E-state index in [2.05, 4.69) is 29.3 Å². The Morgan fingerprint density at radius 2 is 0.895 bits per heavy atom. The normalized spacial score (nSPS) is 9.68. The van der Waals surface area contributed by atoms with Gasteiger partial charge in [0.2, 0.25) is 0 Å². The highest BCUT2D eigenvalue weighted by molar-refractivity contribution is 5.12. The minimum absolute atomic E-state index is 0. The first-order valence-electron chi connectivity index (χ1n) is 5.67. The second-order valence-corrected chi connectivity index (χ2v) is 3.27. The summed E-state index contributed by atoms with van der Waals surface area (Å²) in [7, 11) is 0. The van der Waals surface area contributed by atoms with Gasteiger partial charge in [-0.15, -0.1) is 0 Å². The van der Waals surface area contributed by atoms with Crippen LogP contribution >= 0.6 is 0 Å². The van der Waals surface area contributed by atoms with Gasteiger partial charge >= 0.3 is 0 Å². The van der Waals surface area contributed by atoms with Gasteiger partial charge in [-0.05, 0) is 18.6 Å². The van der Waals surface area contributed by atoms with Crippen LogP contribution in [0.1, 0.15) is 21.3 Å². The first-order chi connectivity index (χ1) is 8.50. The summed E-state index contributed by atoms with van der Waals surface area (Å²) in [6, 6.07) is 17.7. The lowest BCUT2D eigenvalue weighted by Gasteiger charge is -1.70. The molecule has 0 bridgehead atoms. The summed E-state index contributed by atoms with van der Waals surface area (Å²) in [6.07, 6.45) is 13.0. The summed E-state index contributed by atoms with van der Waals surface area (Å²) in [4.78, 5) is 3.78. The Morgan fingerprint density at radius 3 is 1.05 bits per heavy atom. The third kappa shape index (κ3) is 13.8. The molecule has 19 heavy (non-hydrogen) atoms. The Kier molecular flexibility index (Phi) is 16.0. The molecular formula is C18H25N. The van der Waals surface area contributed by atoms with Crippen LogP contribution in [0, 0.1) is 0 Å². The Bertz CT molecular complexity index is 309. The topological polar surface area (TPSA) is 12.9 Å². The predicted molar refractivity (Wildman–Crippen MR) is 87.0 cm³/mol. The van der Waals surface area contributed by atoms with E-state index in [1.807, 2.05) is 54.6 Å². The SMILES string of the molecule is C.C.C1=CCC=C1.c1ccccc1.c1ccncc1. The molecule has 0 aliphatic heterocycles. The van der Waals surface area contributed by atoms with Gasteiger partial charge < -0.3 is 0 Å². The predicted octanol–water partition coefficient (Wildman–Crippen LogP) is 5.54. The van der Waals surface area contributed by atoms with Crippen molar-refractivity contribution in [1.82, 2.24) is 4.98 Å². The van der Waals surface area contributed by atoms with Gasteiger partial charge in [0.15, 0.2) is 0 Å². The molecular weight excluding hydrogens is 230 g/mol. The van der Waals surface area contributed by atoms with E-state index in [1.165, 1.54) is 0 Å². The van der Waals surface area contributed by atoms with Gasteiger partial charge in [0.25, 0.3) is 0 Å². The van der Waals surface area contributed by atoms with E-state index in [1.54, 1.807) is 12.4 Å². The molecule has 0 amide bonds. The van der Waals surface area contributed by atoms with E-state index < -0.39 is 0 Å². The maximum absolute atomic E-state index is 3.78. The standard InChI is InChI=1S/C6H6.C5H5N.C5H6.2CH4/c2*1-2-4-6-5-3-1;1-2-4-5-3-1;;/h1-6H;1-5H;1-4H,5H2;2*1H4. The molecule has 1 nitrogen and oxygen atoms in total. The molecule has 3 rings (SSSR count). The summed E-state index contributed by atoms with van der Waals surface area (Å²) in [5.41, 5.74) is 0. The molecule has 1 heteroatoms. The maximum atomic E-state index is 3.78. The second-order valence-electron chi connectivity index (χ2n) is 3.27. The van der Waals surface area contributed by atoms with Crippen molar-refractivity contribution < 1.29 is 0 Å². The number of rotatable bonds is 0. The molecule has 0 spiro atoms. The van der Waals surface area contributed by atoms with Crippen molar-refractivity contribution in [3.63, 3.8) is 0 Å². The van der Waals surface area contributed by atoms with Crippen LogP contribution in [0.25, 0.3) is 0 Å². The third-order valence-corrected chi connectivity index (χ3v) is 1.89. The van der Waals surface area contributed by atoms with E-state index in [0.717, 1.165) is 6.42 Å². The zero-order valence-electron chi connectivity index (χ0n) is 9.81. The highest BCUT2D eigenvalue weighted by Gasteiger charge is 1.72. The number of pyridine rings is 1. The van der Waals surface area contributed by atoms with Gasteiger partial charge in [-0.2, -0.15) is 0 Å². The van der Waals surface area contributed by atoms with Gasteiger partial charge in [0.1, 0.15) is 0 Å². The van der Waals surface area contributed by atoms with Gasteiger partial charge in [-0.1, -0.05) is 81.6 Å². The molecule has 0 fully saturated rings. The van der Waals surface area contributed by atoms with Crippen molar-refractivity contribution in [2.75, 3.05) is 0 Å². The maximum Gasteiger partial charge on any atom is 0.0267 e. The summed E-state index contributed by atoms with van der Waals surface area (Å²) < 4.78 is 0. The molecule has 0 N–H and O–H groups in total. The molecule has 0 saturated heterocycles. The van der Waals surface area contributed by atoms with E-state index in [4.69, 9.17) is 0 Å². The highest BCUT2D eigenvalue weighted by Crippen LogP contribution is 1.93. The van der Waals surface area contributed by atoms with Crippen LogP contribution in [0.2, 0.25) is 0 Å². The highest BCUT2D eigenvalue weighted by atomic mass is 14.6. The van der Waals surface area contributed by atoms with E-state index in [0.29, 0.717) is 0 Å². The molecule has 102 valence electrons. The molecule has 1 aromatic carbocycles. The van der Waals surface area contributed by atoms with Crippen molar-refractivity contribution in [3.8, 4) is 0 Å². The minimum Gasteiger partial charge on any atom is -0.265 e. The van der Waals surface area contributed by atoms with Crippen molar-refractivity contribution in [1.29, 1.82) is 0 Å². The Morgan fingerprint density at radius 1 is 0.526 bits per heavy atom. The van der Waals surface area contributed by atoms with Crippen LogP contribution in [0.3, 0.4) is 0 Å². The van der Waals surface area contributed by atoms with E-state index in [-0.39, 0.29) is 14.9 Å². The lowest BCUT2D eigenvalue weighted by molar-refractivity contribution is 1.33. The Hall–Kier alpha value is -2.15. The number of allylic oxidation sites excluding steroid dienone is 4. The Balaban J connectivity index is 0. The molecule has 1 heterocycles. The average Bonchev–Trinajstić information content (AvgIpc) is 3.03. The summed E-state index contributed by atoms with van der Waals surface area (Å²) >= 11 is 0. The van der Waals surface area contributed by atoms with Gasteiger partial charge in [0.05, 0.1) is 0 Å². The van der Waals surface area contributed by atoms with Crippen molar-refractivity contribution in [2.24, 2.45) is 0 Å². The number of hydrogen-bond donors (Lipinski definition) is 0. The monoisotopic (exact) mass is 255 g/mol. The van der Waals surface area contributed by atoms with Crippen LogP contribution in [-0.2, 0) is 0 Å². The van der Waals surface area contributed by atoms with E-state index in [9.17, 15) is 0 Å². The lowest BCUT2D eigenvalue weighted by Crippen LogP contribution is -1.58. The van der Waals surface area contributed by atoms with Gasteiger partial charge in [-0.25, -0.2) is 0 Å². The largest absolute Gasteiger partial charge is 0.265 e. The van der Waals surface area contributed by atoms with E-state index >= 15 is 0 Å². The van der Waals surface area contributed by atoms with Gasteiger partial charge in [0, 0.05) is 12.4 Å². The fourth-order valence-electron chi connectivity index (χ4n) is 1.09. The molecule has 0 saturated carbocycles. The Labute approximate surface area is 118 Å². The molecule has 0 atom stereocenters. The second kappa shape index (κ2) is 15.9. The molecule has 1 aliphatic rings. The molecule has 1 aliphatic carbocycles. The van der Waals surface area contributed by atoms with Crippen molar-refractivity contribution in [2.45, 2.75) is 21.3 Å². The van der Waals surface area contributed by atoms with Gasteiger partial charge in [-0.3, -0.25) is 4.98 Å². The zero-order valence-corrected chi connectivity index (χ0v) is 9.81. The average molecular weight is 255 g/mol. The molecule has 2 aromatic rings. The third-order valence-electron chi connectivity index (χ3n) is 1.89. The van der Waals surface area contributed by atoms with Crippen molar-refractivity contribution in [3.05, 3.63) is 91.3 Å². The summed E-state index contributed by atoms with van der Waals surface area (Å²) in [5, 5.41) is 0.